The number of carboxylic acids is 1. The zero-order valence-electron chi connectivity index (χ0n) is 9.76. The lowest BCUT2D eigenvalue weighted by atomic mass is 10.00. The molecule has 98 valence electrons. The molecule has 1 amide bonds. The van der Waals surface area contributed by atoms with Gasteiger partial charge in [0.25, 0.3) is 0 Å². The lowest BCUT2D eigenvalue weighted by molar-refractivity contribution is -0.145. The van der Waals surface area contributed by atoms with E-state index >= 15 is 0 Å². The minimum atomic E-state index is -3.64. The van der Waals surface area contributed by atoms with Crippen LogP contribution in [0.2, 0.25) is 0 Å². The van der Waals surface area contributed by atoms with Crippen molar-refractivity contribution in [2.24, 2.45) is 5.92 Å². The molecule has 1 aliphatic heterocycles. The van der Waals surface area contributed by atoms with Gasteiger partial charge < -0.3 is 5.11 Å². The predicted molar refractivity (Wildman–Crippen MR) is 60.8 cm³/mol. The van der Waals surface area contributed by atoms with Gasteiger partial charge in [-0.05, 0) is 12.8 Å². The molecule has 1 N–H and O–H groups in total. The van der Waals surface area contributed by atoms with Crippen molar-refractivity contribution in [3.8, 4) is 0 Å². The second-order valence-electron chi connectivity index (χ2n) is 4.17. The van der Waals surface area contributed by atoms with E-state index in [4.69, 9.17) is 5.11 Å². The molecule has 1 unspecified atom stereocenters. The van der Waals surface area contributed by atoms with Gasteiger partial charge in [-0.25, -0.2) is 12.7 Å². The number of sulfonamides is 1. The monoisotopic (exact) mass is 263 g/mol. The Bertz CT molecular complexity index is 403. The highest BCUT2D eigenvalue weighted by Crippen LogP contribution is 2.21. The van der Waals surface area contributed by atoms with Crippen molar-refractivity contribution in [2.45, 2.75) is 32.6 Å². The van der Waals surface area contributed by atoms with Crippen LogP contribution in [0.1, 0.15) is 32.6 Å². The molecule has 0 bridgehead atoms. The maximum Gasteiger partial charge on any atom is 0.308 e. The van der Waals surface area contributed by atoms with Crippen LogP contribution in [0.4, 0.5) is 0 Å². The molecule has 0 aromatic rings. The van der Waals surface area contributed by atoms with Gasteiger partial charge in [-0.3, -0.25) is 9.59 Å². The summed E-state index contributed by atoms with van der Waals surface area (Å²) in [5.41, 5.74) is 0. The summed E-state index contributed by atoms with van der Waals surface area (Å²) in [5, 5.41) is 8.85. The number of carbonyl (C=O) groups is 2. The summed E-state index contributed by atoms with van der Waals surface area (Å²) in [4.78, 5) is 22.3. The smallest absolute Gasteiger partial charge is 0.308 e. The molecule has 0 radical (unpaired) electrons. The van der Waals surface area contributed by atoms with E-state index in [1.54, 1.807) is 0 Å². The first-order valence-electron chi connectivity index (χ1n) is 5.64. The minimum absolute atomic E-state index is 0.0116. The summed E-state index contributed by atoms with van der Waals surface area (Å²) in [6, 6.07) is 0. The van der Waals surface area contributed by atoms with E-state index in [9.17, 15) is 18.0 Å². The van der Waals surface area contributed by atoms with Gasteiger partial charge in [0, 0.05) is 6.42 Å². The van der Waals surface area contributed by atoms with Gasteiger partial charge in [-0.15, -0.1) is 0 Å². The fourth-order valence-electron chi connectivity index (χ4n) is 1.72. The van der Waals surface area contributed by atoms with Gasteiger partial charge in [0.05, 0.1) is 18.2 Å². The van der Waals surface area contributed by atoms with Gasteiger partial charge in [-0.1, -0.05) is 13.3 Å². The molecule has 0 aromatic heterocycles. The lowest BCUT2D eigenvalue weighted by Crippen LogP contribution is -2.46. The first-order valence-corrected chi connectivity index (χ1v) is 7.25. The normalized spacial score (nSPS) is 21.6. The molecule has 0 aliphatic carbocycles. The Morgan fingerprint density at radius 2 is 2.18 bits per heavy atom. The van der Waals surface area contributed by atoms with Gasteiger partial charge in [0.1, 0.15) is 0 Å². The maximum atomic E-state index is 11.8. The largest absolute Gasteiger partial charge is 0.481 e. The van der Waals surface area contributed by atoms with Gasteiger partial charge in [0.15, 0.2) is 0 Å². The molecule has 1 fully saturated rings. The number of hydrogen-bond acceptors (Lipinski definition) is 4. The summed E-state index contributed by atoms with van der Waals surface area (Å²) in [7, 11) is -3.64. The van der Waals surface area contributed by atoms with Crippen LogP contribution in [0.25, 0.3) is 0 Å². The highest BCUT2D eigenvalue weighted by Gasteiger charge is 2.36. The quantitative estimate of drug-likeness (QED) is 0.777. The van der Waals surface area contributed by atoms with Crippen LogP contribution in [0.5, 0.6) is 0 Å². The fraction of sp³-hybridized carbons (Fsp3) is 0.800. The SMILES string of the molecule is CCCCS(=O)(=O)N1CC(C(=O)O)CCC1=O. The third-order valence-corrected chi connectivity index (χ3v) is 4.64. The zero-order valence-corrected chi connectivity index (χ0v) is 10.6. The van der Waals surface area contributed by atoms with Gasteiger partial charge in [-0.2, -0.15) is 0 Å². The Hall–Kier alpha value is -1.11. The first-order chi connectivity index (χ1) is 7.88. The Kier molecular flexibility index (Phi) is 4.50. The van der Waals surface area contributed by atoms with Crippen molar-refractivity contribution in [3.05, 3.63) is 0 Å². The summed E-state index contributed by atoms with van der Waals surface area (Å²) >= 11 is 0. The molecular formula is C10H17NO5S. The Morgan fingerprint density at radius 1 is 1.53 bits per heavy atom. The summed E-state index contributed by atoms with van der Waals surface area (Å²) in [5.74, 6) is -2.41. The number of amides is 1. The van der Waals surface area contributed by atoms with Crippen molar-refractivity contribution in [2.75, 3.05) is 12.3 Å². The summed E-state index contributed by atoms with van der Waals surface area (Å²) < 4.78 is 24.4. The highest BCUT2D eigenvalue weighted by molar-refractivity contribution is 7.89. The Morgan fingerprint density at radius 3 is 2.71 bits per heavy atom. The van der Waals surface area contributed by atoms with Gasteiger partial charge in [0.2, 0.25) is 15.9 Å². The van der Waals surface area contributed by atoms with E-state index in [0.29, 0.717) is 12.8 Å². The molecular weight excluding hydrogens is 246 g/mol. The van der Waals surface area contributed by atoms with E-state index < -0.39 is 27.8 Å². The van der Waals surface area contributed by atoms with E-state index in [1.165, 1.54) is 0 Å². The Labute approximate surface area is 101 Å². The molecule has 1 atom stereocenters. The van der Waals surface area contributed by atoms with E-state index in [0.717, 1.165) is 4.31 Å². The van der Waals surface area contributed by atoms with Crippen LogP contribution in [0.3, 0.4) is 0 Å². The molecule has 6 nitrogen and oxygen atoms in total. The van der Waals surface area contributed by atoms with E-state index in [2.05, 4.69) is 0 Å². The minimum Gasteiger partial charge on any atom is -0.481 e. The van der Waals surface area contributed by atoms with Crippen LogP contribution >= 0.6 is 0 Å². The molecule has 0 aromatic carbocycles. The second-order valence-corrected chi connectivity index (χ2v) is 6.18. The fourth-order valence-corrected chi connectivity index (χ4v) is 3.41. The Balaban J connectivity index is 2.79. The predicted octanol–water partition coefficient (Wildman–Crippen LogP) is 0.439. The van der Waals surface area contributed by atoms with E-state index in [1.807, 2.05) is 6.92 Å². The van der Waals surface area contributed by atoms with Crippen LogP contribution in [0, 0.1) is 5.92 Å². The number of nitrogens with zero attached hydrogens (tertiary/aromatic N) is 1. The average molecular weight is 263 g/mol. The molecule has 17 heavy (non-hydrogen) atoms. The maximum absolute atomic E-state index is 11.8. The standard InChI is InChI=1S/C10H17NO5S/c1-2-3-6-17(15,16)11-7-8(10(13)14)4-5-9(11)12/h8H,2-7H2,1H3,(H,13,14). The molecule has 0 spiro atoms. The number of carbonyl (C=O) groups excluding carboxylic acids is 1. The number of hydrogen-bond donors (Lipinski definition) is 1. The molecule has 1 heterocycles. The topological polar surface area (TPSA) is 91.8 Å². The molecule has 1 rings (SSSR count). The van der Waals surface area contributed by atoms with Crippen LogP contribution in [-0.2, 0) is 19.6 Å². The van der Waals surface area contributed by atoms with Crippen LogP contribution in [0.15, 0.2) is 0 Å². The third kappa shape index (κ3) is 3.42. The zero-order chi connectivity index (χ0) is 13.1. The number of piperidine rings is 1. The van der Waals surface area contributed by atoms with Crippen molar-refractivity contribution in [1.29, 1.82) is 0 Å². The number of unbranched alkanes of at least 4 members (excludes halogenated alkanes) is 1. The first kappa shape index (κ1) is 14.0. The van der Waals surface area contributed by atoms with Crippen molar-refractivity contribution in [1.82, 2.24) is 4.31 Å². The van der Waals surface area contributed by atoms with Crippen LogP contribution < -0.4 is 0 Å². The average Bonchev–Trinajstić information content (AvgIpc) is 2.26. The van der Waals surface area contributed by atoms with Crippen molar-refractivity contribution < 1.29 is 23.1 Å². The summed E-state index contributed by atoms with van der Waals surface area (Å²) in [6.45, 7) is 1.63. The number of aliphatic carboxylic acids is 1. The van der Waals surface area contributed by atoms with Crippen molar-refractivity contribution >= 4 is 21.9 Å². The second kappa shape index (κ2) is 5.48. The summed E-state index contributed by atoms with van der Waals surface area (Å²) in [6.07, 6.45) is 1.39. The molecule has 1 saturated heterocycles. The van der Waals surface area contributed by atoms with Crippen molar-refractivity contribution in [3.63, 3.8) is 0 Å². The van der Waals surface area contributed by atoms with Crippen LogP contribution in [-0.4, -0.2) is 42.0 Å². The molecule has 1 aliphatic rings. The van der Waals surface area contributed by atoms with Gasteiger partial charge >= 0.3 is 5.97 Å². The number of carboxylic acid groups (broad SMARTS) is 1. The van der Waals surface area contributed by atoms with E-state index in [-0.39, 0.29) is 25.1 Å². The third-order valence-electron chi connectivity index (χ3n) is 2.81. The molecule has 0 saturated carbocycles. The highest BCUT2D eigenvalue weighted by atomic mass is 32.2. The lowest BCUT2D eigenvalue weighted by Gasteiger charge is -2.29. The molecule has 7 heteroatoms. The number of rotatable bonds is 5.